The summed E-state index contributed by atoms with van der Waals surface area (Å²) in [5, 5.41) is 0.194. The Hall–Kier alpha value is -0.520. The topological polar surface area (TPSA) is 49.9 Å². The molecule has 1 aliphatic heterocycles. The van der Waals surface area contributed by atoms with Gasteiger partial charge in [-0.1, -0.05) is 0 Å². The molecule has 0 saturated carbocycles. The maximum atomic E-state index is 10.1. The van der Waals surface area contributed by atoms with Gasteiger partial charge in [-0.25, -0.2) is 0 Å². The summed E-state index contributed by atoms with van der Waals surface area (Å²) < 4.78 is 4.94. The van der Waals surface area contributed by atoms with Crippen LogP contribution in [0.4, 0.5) is 0 Å². The second-order valence-corrected chi connectivity index (χ2v) is 4.71. The van der Waals surface area contributed by atoms with E-state index in [2.05, 4.69) is 0 Å². The van der Waals surface area contributed by atoms with Gasteiger partial charge in [-0.05, 0) is 12.8 Å². The average molecular weight is 317 g/mol. The third-order valence-corrected chi connectivity index (χ3v) is 1.67. The van der Waals surface area contributed by atoms with E-state index in [9.17, 15) is 9.59 Å². The molecule has 0 spiro atoms. The van der Waals surface area contributed by atoms with Crippen LogP contribution < -0.4 is 0 Å². The SMILES string of the molecule is C1CCOC1.CC(=O)N(C)C.CN(C)C=O.ClCCl. The molecule has 0 aromatic rings. The Labute approximate surface area is 126 Å². The van der Waals surface area contributed by atoms with Gasteiger partial charge in [0.1, 0.15) is 0 Å². The fourth-order valence-electron chi connectivity index (χ4n) is 0.510. The quantitative estimate of drug-likeness (QED) is 0.549. The summed E-state index contributed by atoms with van der Waals surface area (Å²) in [5.41, 5.74) is 0. The number of ether oxygens (including phenoxy) is 1. The molecule has 1 rings (SSSR count). The van der Waals surface area contributed by atoms with Crippen LogP contribution in [0.15, 0.2) is 0 Å². The number of rotatable bonds is 1. The lowest BCUT2D eigenvalue weighted by Crippen LogP contribution is -2.17. The highest BCUT2D eigenvalue weighted by molar-refractivity contribution is 6.40. The van der Waals surface area contributed by atoms with Crippen molar-refractivity contribution < 1.29 is 14.3 Å². The Morgan fingerprint density at radius 1 is 1.16 bits per heavy atom. The lowest BCUT2D eigenvalue weighted by atomic mass is 10.4. The Morgan fingerprint density at radius 2 is 1.42 bits per heavy atom. The lowest BCUT2D eigenvalue weighted by Gasteiger charge is -2.02. The monoisotopic (exact) mass is 316 g/mol. The lowest BCUT2D eigenvalue weighted by molar-refractivity contribution is -0.126. The van der Waals surface area contributed by atoms with Crippen LogP contribution in [-0.2, 0) is 14.3 Å². The van der Waals surface area contributed by atoms with E-state index in [0.29, 0.717) is 0 Å². The van der Waals surface area contributed by atoms with Crippen molar-refractivity contribution in [2.75, 3.05) is 46.7 Å². The van der Waals surface area contributed by atoms with E-state index >= 15 is 0 Å². The minimum Gasteiger partial charge on any atom is -0.381 e. The van der Waals surface area contributed by atoms with Crippen molar-refractivity contribution in [1.29, 1.82) is 0 Å². The molecule has 7 heteroatoms. The maximum Gasteiger partial charge on any atom is 0.218 e. The second-order valence-electron chi connectivity index (χ2n) is 3.90. The van der Waals surface area contributed by atoms with Crippen LogP contribution in [0.2, 0.25) is 0 Å². The van der Waals surface area contributed by atoms with E-state index in [1.54, 1.807) is 28.2 Å². The fourth-order valence-corrected chi connectivity index (χ4v) is 0.510. The van der Waals surface area contributed by atoms with Crippen molar-refractivity contribution in [2.24, 2.45) is 0 Å². The Kier molecular flexibility index (Phi) is 24.6. The highest BCUT2D eigenvalue weighted by Gasteiger charge is 1.94. The zero-order chi connectivity index (χ0) is 15.7. The molecule has 1 fully saturated rings. The summed E-state index contributed by atoms with van der Waals surface area (Å²) in [6.07, 6.45) is 3.31. The third-order valence-electron chi connectivity index (χ3n) is 1.67. The largest absolute Gasteiger partial charge is 0.381 e. The number of hydrogen-bond acceptors (Lipinski definition) is 3. The molecule has 1 saturated heterocycles. The highest BCUT2D eigenvalue weighted by Crippen LogP contribution is 1.98. The molecule has 0 N–H and O–H groups in total. The van der Waals surface area contributed by atoms with Crippen molar-refractivity contribution in [3.63, 3.8) is 0 Å². The Bertz CT molecular complexity index is 192. The van der Waals surface area contributed by atoms with Crippen molar-refractivity contribution >= 4 is 35.5 Å². The van der Waals surface area contributed by atoms with E-state index in [1.807, 2.05) is 0 Å². The van der Waals surface area contributed by atoms with E-state index in [1.165, 1.54) is 29.6 Å². The standard InChI is InChI=1S/C4H9NO.C4H8O.C3H7NO.CH2Cl2/c1-4(6)5(2)3;1-2-4-5-3-1;1-4(2)3-5;2-1-3/h1-3H3;1-4H2;3H,1-2H3;1H2. The predicted octanol–water partition coefficient (Wildman–Crippen LogP) is 2.02. The summed E-state index contributed by atoms with van der Waals surface area (Å²) in [5.74, 6) is 0.0926. The summed E-state index contributed by atoms with van der Waals surface area (Å²) >= 11 is 9.53. The summed E-state index contributed by atoms with van der Waals surface area (Å²) in [4.78, 5) is 22.5. The zero-order valence-electron chi connectivity index (χ0n) is 12.5. The van der Waals surface area contributed by atoms with Gasteiger partial charge in [0.15, 0.2) is 0 Å². The Balaban J connectivity index is -0.000000184. The molecule has 0 radical (unpaired) electrons. The van der Waals surface area contributed by atoms with Gasteiger partial charge in [0.25, 0.3) is 0 Å². The normalized spacial score (nSPS) is 11.5. The van der Waals surface area contributed by atoms with Gasteiger partial charge in [0.05, 0.1) is 5.34 Å². The molecule has 0 unspecified atom stereocenters. The number of carbonyl (C=O) groups is 2. The molecule has 0 aromatic carbocycles. The summed E-state index contributed by atoms with van der Waals surface area (Å²) in [7, 11) is 6.82. The third kappa shape index (κ3) is 38.1. The number of nitrogens with zero attached hydrogens (tertiary/aromatic N) is 2. The molecule has 1 heterocycles. The minimum absolute atomic E-state index is 0.0926. The first-order valence-corrected chi connectivity index (χ1v) is 6.89. The van der Waals surface area contributed by atoms with Crippen molar-refractivity contribution in [3.05, 3.63) is 0 Å². The summed E-state index contributed by atoms with van der Waals surface area (Å²) in [6.45, 7) is 3.53. The second kappa shape index (κ2) is 19.8. The molecule has 0 bridgehead atoms. The first-order valence-electron chi connectivity index (χ1n) is 5.82. The number of halogens is 2. The van der Waals surface area contributed by atoms with Crippen LogP contribution in [0.3, 0.4) is 0 Å². The molecule has 19 heavy (non-hydrogen) atoms. The summed E-state index contributed by atoms with van der Waals surface area (Å²) in [6, 6.07) is 0. The van der Waals surface area contributed by atoms with E-state index in [4.69, 9.17) is 27.9 Å². The van der Waals surface area contributed by atoms with Gasteiger partial charge >= 0.3 is 0 Å². The predicted molar refractivity (Wildman–Crippen MR) is 80.7 cm³/mol. The molecule has 0 aliphatic carbocycles. The molecular formula is C12H26Cl2N2O3. The first kappa shape index (κ1) is 23.6. The average Bonchev–Trinajstić information content (AvgIpc) is 2.89. The van der Waals surface area contributed by atoms with Crippen molar-refractivity contribution in [1.82, 2.24) is 9.80 Å². The number of alkyl halides is 2. The number of amides is 2. The van der Waals surface area contributed by atoms with E-state index < -0.39 is 0 Å². The first-order chi connectivity index (χ1) is 8.83. The molecule has 0 atom stereocenters. The van der Waals surface area contributed by atoms with E-state index in [-0.39, 0.29) is 11.2 Å². The Morgan fingerprint density at radius 3 is 1.47 bits per heavy atom. The molecule has 0 aromatic heterocycles. The molecule has 1 aliphatic rings. The number of carbonyl (C=O) groups excluding carboxylic acids is 2. The maximum absolute atomic E-state index is 10.1. The van der Waals surface area contributed by atoms with Gasteiger partial charge in [-0.2, -0.15) is 0 Å². The molecular weight excluding hydrogens is 291 g/mol. The fraction of sp³-hybridized carbons (Fsp3) is 0.833. The molecule has 2 amide bonds. The van der Waals surface area contributed by atoms with Crippen molar-refractivity contribution in [2.45, 2.75) is 19.8 Å². The van der Waals surface area contributed by atoms with Gasteiger partial charge < -0.3 is 14.5 Å². The van der Waals surface area contributed by atoms with Crippen LogP contribution in [0.1, 0.15) is 19.8 Å². The number of hydrogen-bond donors (Lipinski definition) is 0. The van der Waals surface area contributed by atoms with Gasteiger partial charge in [-0.15, -0.1) is 23.2 Å². The van der Waals surface area contributed by atoms with Gasteiger partial charge in [0.2, 0.25) is 12.3 Å². The molecule has 116 valence electrons. The van der Waals surface area contributed by atoms with Crippen LogP contribution in [0, 0.1) is 0 Å². The van der Waals surface area contributed by atoms with Crippen LogP contribution >= 0.6 is 23.2 Å². The van der Waals surface area contributed by atoms with Crippen LogP contribution in [0.25, 0.3) is 0 Å². The highest BCUT2D eigenvalue weighted by atomic mass is 35.5. The molecule has 5 nitrogen and oxygen atoms in total. The van der Waals surface area contributed by atoms with Crippen molar-refractivity contribution in [3.8, 4) is 0 Å². The van der Waals surface area contributed by atoms with E-state index in [0.717, 1.165) is 19.6 Å². The zero-order valence-corrected chi connectivity index (χ0v) is 14.0. The van der Waals surface area contributed by atoms with Gasteiger partial charge in [0, 0.05) is 48.3 Å². The minimum atomic E-state index is 0.0926. The van der Waals surface area contributed by atoms with Crippen LogP contribution in [0.5, 0.6) is 0 Å². The van der Waals surface area contributed by atoms with Gasteiger partial charge in [-0.3, -0.25) is 9.59 Å². The van der Waals surface area contributed by atoms with Crippen LogP contribution in [-0.4, -0.2) is 68.9 Å². The smallest absolute Gasteiger partial charge is 0.218 e.